The van der Waals surface area contributed by atoms with E-state index in [1.165, 1.54) is 0 Å². The second-order valence-electron chi connectivity index (χ2n) is 4.77. The lowest BCUT2D eigenvalue weighted by Gasteiger charge is -2.30. The number of nitrogens with one attached hydrogen (secondary N) is 1. The van der Waals surface area contributed by atoms with Crippen molar-refractivity contribution in [3.8, 4) is 11.6 Å². The summed E-state index contributed by atoms with van der Waals surface area (Å²) in [5.74, 6) is 1.65. The highest BCUT2D eigenvalue weighted by Crippen LogP contribution is 2.22. The predicted octanol–water partition coefficient (Wildman–Crippen LogP) is 0.869. The minimum absolute atomic E-state index is 0. The van der Waals surface area contributed by atoms with E-state index >= 15 is 0 Å². The minimum Gasteiger partial charge on any atom is -0.377 e. The Morgan fingerprint density at radius 1 is 1.43 bits per heavy atom. The van der Waals surface area contributed by atoms with Gasteiger partial charge in [0.2, 0.25) is 0 Å². The Balaban J connectivity index is 0.00000161. The minimum atomic E-state index is 0. The van der Waals surface area contributed by atoms with E-state index in [4.69, 9.17) is 13.8 Å². The maximum atomic E-state index is 5.26. The fourth-order valence-corrected chi connectivity index (χ4v) is 2.19. The molecule has 8 nitrogen and oxygen atoms in total. The zero-order chi connectivity index (χ0) is 13.9. The molecule has 1 saturated heterocycles. The number of methoxy groups -OCH3 is 1. The lowest BCUT2D eigenvalue weighted by molar-refractivity contribution is 0.156. The summed E-state index contributed by atoms with van der Waals surface area (Å²) in [7, 11) is 3.65. The molecule has 0 aliphatic carbocycles. The van der Waals surface area contributed by atoms with Gasteiger partial charge in [0.05, 0.1) is 6.04 Å². The molecule has 1 atom stereocenters. The molecule has 0 radical (unpaired) electrons. The highest BCUT2D eigenvalue weighted by molar-refractivity contribution is 5.85. The SMILES string of the molecule is COCc1cc(-c2nc(C3CNCCN3C)no2)no1.Cl. The van der Waals surface area contributed by atoms with Crippen molar-refractivity contribution in [2.45, 2.75) is 12.6 Å². The molecular formula is C12H18ClN5O3. The molecule has 1 N–H and O–H groups in total. The molecule has 0 saturated carbocycles. The highest BCUT2D eigenvalue weighted by atomic mass is 35.5. The van der Waals surface area contributed by atoms with Gasteiger partial charge >= 0.3 is 0 Å². The normalized spacial score (nSPS) is 19.4. The number of likely N-dealkylation sites (N-methyl/N-ethyl adjacent to an activating group) is 1. The van der Waals surface area contributed by atoms with E-state index < -0.39 is 0 Å². The third kappa shape index (κ3) is 3.41. The number of aromatic nitrogens is 3. The molecule has 2 aromatic heterocycles. The molecule has 3 rings (SSSR count). The molecule has 0 spiro atoms. The summed E-state index contributed by atoms with van der Waals surface area (Å²) in [5, 5.41) is 11.3. The fourth-order valence-electron chi connectivity index (χ4n) is 2.19. The Morgan fingerprint density at radius 2 is 2.29 bits per heavy atom. The number of halogens is 1. The topological polar surface area (TPSA) is 89.5 Å². The van der Waals surface area contributed by atoms with Crippen molar-refractivity contribution in [2.24, 2.45) is 0 Å². The van der Waals surface area contributed by atoms with Gasteiger partial charge in [-0.05, 0) is 7.05 Å². The first-order valence-electron chi connectivity index (χ1n) is 6.47. The van der Waals surface area contributed by atoms with E-state index in [1.807, 2.05) is 7.05 Å². The quantitative estimate of drug-likeness (QED) is 0.889. The Hall–Kier alpha value is -1.48. The molecule has 9 heteroatoms. The van der Waals surface area contributed by atoms with Crippen molar-refractivity contribution in [2.75, 3.05) is 33.8 Å². The molecule has 1 unspecified atom stereocenters. The molecule has 1 aliphatic rings. The first-order chi connectivity index (χ1) is 9.78. The van der Waals surface area contributed by atoms with Crippen LogP contribution in [0.2, 0.25) is 0 Å². The van der Waals surface area contributed by atoms with E-state index in [1.54, 1.807) is 13.2 Å². The van der Waals surface area contributed by atoms with Crippen molar-refractivity contribution in [3.63, 3.8) is 0 Å². The van der Waals surface area contributed by atoms with Crippen LogP contribution in [0.1, 0.15) is 17.6 Å². The first-order valence-corrected chi connectivity index (χ1v) is 6.47. The number of hydrogen-bond donors (Lipinski definition) is 1. The van der Waals surface area contributed by atoms with Gasteiger partial charge in [-0.2, -0.15) is 4.98 Å². The Bertz CT molecular complexity index is 573. The van der Waals surface area contributed by atoms with Crippen LogP contribution < -0.4 is 5.32 Å². The van der Waals surface area contributed by atoms with Crippen LogP contribution in [0, 0.1) is 0 Å². The van der Waals surface area contributed by atoms with Gasteiger partial charge < -0.3 is 19.1 Å². The Morgan fingerprint density at radius 3 is 3.05 bits per heavy atom. The van der Waals surface area contributed by atoms with Gasteiger partial charge in [-0.1, -0.05) is 10.3 Å². The molecule has 21 heavy (non-hydrogen) atoms. The molecule has 0 bridgehead atoms. The first kappa shape index (κ1) is 15.9. The number of rotatable bonds is 4. The highest BCUT2D eigenvalue weighted by Gasteiger charge is 2.26. The van der Waals surface area contributed by atoms with Gasteiger partial charge in [0.1, 0.15) is 6.61 Å². The number of hydrogen-bond acceptors (Lipinski definition) is 8. The van der Waals surface area contributed by atoms with Gasteiger partial charge in [-0.15, -0.1) is 12.4 Å². The number of piperazine rings is 1. The van der Waals surface area contributed by atoms with Gasteiger partial charge in [-0.25, -0.2) is 0 Å². The number of nitrogens with zero attached hydrogens (tertiary/aromatic N) is 4. The monoisotopic (exact) mass is 315 g/mol. The summed E-state index contributed by atoms with van der Waals surface area (Å²) in [4.78, 5) is 6.60. The third-order valence-electron chi connectivity index (χ3n) is 3.32. The molecule has 0 amide bonds. The number of ether oxygens (including phenoxy) is 1. The summed E-state index contributed by atoms with van der Waals surface area (Å²) >= 11 is 0. The van der Waals surface area contributed by atoms with Crippen LogP contribution in [0.4, 0.5) is 0 Å². The molecule has 1 fully saturated rings. The van der Waals surface area contributed by atoms with Crippen molar-refractivity contribution >= 4 is 12.4 Å². The van der Waals surface area contributed by atoms with Crippen LogP contribution in [0.15, 0.2) is 15.1 Å². The smallest absolute Gasteiger partial charge is 0.280 e. The van der Waals surface area contributed by atoms with Gasteiger partial charge in [0.25, 0.3) is 5.89 Å². The van der Waals surface area contributed by atoms with Crippen molar-refractivity contribution in [3.05, 3.63) is 17.7 Å². The summed E-state index contributed by atoms with van der Waals surface area (Å²) < 4.78 is 15.4. The maximum absolute atomic E-state index is 5.26. The van der Waals surface area contributed by atoms with Crippen LogP contribution in [0.25, 0.3) is 11.6 Å². The van der Waals surface area contributed by atoms with Gasteiger partial charge in [-0.3, -0.25) is 4.90 Å². The van der Waals surface area contributed by atoms with E-state index in [9.17, 15) is 0 Å². The predicted molar refractivity (Wildman–Crippen MR) is 76.0 cm³/mol. The van der Waals surface area contributed by atoms with E-state index in [0.29, 0.717) is 29.8 Å². The van der Waals surface area contributed by atoms with Crippen molar-refractivity contribution in [1.82, 2.24) is 25.5 Å². The van der Waals surface area contributed by atoms with Crippen molar-refractivity contribution < 1.29 is 13.8 Å². The zero-order valence-corrected chi connectivity index (χ0v) is 12.7. The average Bonchev–Trinajstić information content (AvgIpc) is 3.08. The zero-order valence-electron chi connectivity index (χ0n) is 11.9. The van der Waals surface area contributed by atoms with Gasteiger partial charge in [0, 0.05) is 32.8 Å². The second-order valence-corrected chi connectivity index (χ2v) is 4.77. The van der Waals surface area contributed by atoms with Crippen LogP contribution >= 0.6 is 12.4 Å². The summed E-state index contributed by atoms with van der Waals surface area (Å²) in [6.45, 7) is 3.10. The Labute approximate surface area is 128 Å². The van der Waals surface area contributed by atoms with E-state index in [-0.39, 0.29) is 18.4 Å². The Kier molecular flexibility index (Phi) is 5.29. The second kappa shape index (κ2) is 6.99. The summed E-state index contributed by atoms with van der Waals surface area (Å²) in [6, 6.07) is 1.86. The van der Waals surface area contributed by atoms with E-state index in [0.717, 1.165) is 19.6 Å². The molecule has 1 aliphatic heterocycles. The summed E-state index contributed by atoms with van der Waals surface area (Å²) in [5.41, 5.74) is 0.530. The fraction of sp³-hybridized carbons (Fsp3) is 0.583. The standard InChI is InChI=1S/C12H17N5O3.ClH/c1-17-4-3-13-6-10(17)11-14-12(20-16-11)9-5-8(7-18-2)19-15-9;/h5,10,13H,3-4,6-7H2,1-2H3;1H. The molecule has 116 valence electrons. The van der Waals surface area contributed by atoms with Crippen molar-refractivity contribution in [1.29, 1.82) is 0 Å². The van der Waals surface area contributed by atoms with Crippen LogP contribution in [-0.2, 0) is 11.3 Å². The molecule has 3 heterocycles. The summed E-state index contributed by atoms with van der Waals surface area (Å²) in [6.07, 6.45) is 0. The third-order valence-corrected chi connectivity index (χ3v) is 3.32. The lowest BCUT2D eigenvalue weighted by Crippen LogP contribution is -2.44. The largest absolute Gasteiger partial charge is 0.377 e. The van der Waals surface area contributed by atoms with Gasteiger partial charge in [0.15, 0.2) is 17.3 Å². The molecule has 2 aromatic rings. The van der Waals surface area contributed by atoms with Crippen LogP contribution in [0.5, 0.6) is 0 Å². The van der Waals surface area contributed by atoms with E-state index in [2.05, 4.69) is 25.5 Å². The van der Waals surface area contributed by atoms with Crippen LogP contribution in [0.3, 0.4) is 0 Å². The van der Waals surface area contributed by atoms with Crippen LogP contribution in [-0.4, -0.2) is 54.0 Å². The molecular weight excluding hydrogens is 298 g/mol. The maximum Gasteiger partial charge on any atom is 0.280 e. The average molecular weight is 316 g/mol. The molecule has 0 aromatic carbocycles. The lowest BCUT2D eigenvalue weighted by atomic mass is 10.2.